The van der Waals surface area contributed by atoms with Crippen molar-refractivity contribution in [2.45, 2.75) is 26.3 Å². The van der Waals surface area contributed by atoms with Gasteiger partial charge in [0.15, 0.2) is 4.77 Å². The van der Waals surface area contributed by atoms with E-state index in [2.05, 4.69) is 35.3 Å². The van der Waals surface area contributed by atoms with Crippen molar-refractivity contribution in [3.05, 3.63) is 41.4 Å². The molecule has 0 saturated carbocycles. The molecule has 3 rings (SSSR count). The first kappa shape index (κ1) is 12.2. The third-order valence-corrected chi connectivity index (χ3v) is 3.50. The van der Waals surface area contributed by atoms with Gasteiger partial charge in [-0.1, -0.05) is 12.1 Å². The number of para-hydroxylation sites is 2. The molecule has 3 aromatic rings. The Morgan fingerprint density at radius 2 is 1.89 bits per heavy atom. The summed E-state index contributed by atoms with van der Waals surface area (Å²) in [5.41, 5.74) is 1.93. The van der Waals surface area contributed by atoms with E-state index in [9.17, 15) is 0 Å². The van der Waals surface area contributed by atoms with Crippen LogP contribution >= 0.6 is 12.2 Å². The molecular weight excluding hydrogens is 256 g/mol. The van der Waals surface area contributed by atoms with Gasteiger partial charge < -0.3 is 9.55 Å². The molecule has 5 heteroatoms. The third-order valence-electron chi connectivity index (χ3n) is 3.10. The molecule has 1 aromatic carbocycles. The maximum atomic E-state index is 5.53. The SMILES string of the molecule is CC(C)(C)n1ccn(-c2nc3ccccc3[nH]2)c1=S. The molecule has 0 aliphatic carbocycles. The van der Waals surface area contributed by atoms with Crippen LogP contribution in [0.15, 0.2) is 36.7 Å². The van der Waals surface area contributed by atoms with Crippen molar-refractivity contribution < 1.29 is 0 Å². The predicted molar refractivity (Wildman–Crippen MR) is 79.2 cm³/mol. The first-order valence-electron chi connectivity index (χ1n) is 6.22. The second-order valence-electron chi connectivity index (χ2n) is 5.57. The van der Waals surface area contributed by atoms with Crippen LogP contribution in [0, 0.1) is 4.77 Å². The lowest BCUT2D eigenvalue weighted by Gasteiger charge is -2.20. The van der Waals surface area contributed by atoms with E-state index < -0.39 is 0 Å². The van der Waals surface area contributed by atoms with Crippen molar-refractivity contribution in [2.24, 2.45) is 0 Å². The summed E-state index contributed by atoms with van der Waals surface area (Å²) in [4.78, 5) is 7.86. The number of hydrogen-bond donors (Lipinski definition) is 1. The molecule has 0 radical (unpaired) electrons. The van der Waals surface area contributed by atoms with Crippen molar-refractivity contribution >= 4 is 23.3 Å². The van der Waals surface area contributed by atoms with E-state index in [1.165, 1.54) is 0 Å². The van der Waals surface area contributed by atoms with Gasteiger partial charge >= 0.3 is 0 Å². The van der Waals surface area contributed by atoms with Gasteiger partial charge in [-0.2, -0.15) is 0 Å². The first-order chi connectivity index (χ1) is 8.97. The van der Waals surface area contributed by atoms with Crippen LogP contribution in [0.2, 0.25) is 0 Å². The molecule has 0 saturated heterocycles. The Kier molecular flexibility index (Phi) is 2.60. The molecule has 0 aliphatic heterocycles. The number of nitrogens with zero attached hydrogens (tertiary/aromatic N) is 3. The Morgan fingerprint density at radius 1 is 1.16 bits per heavy atom. The lowest BCUT2D eigenvalue weighted by Crippen LogP contribution is -2.21. The highest BCUT2D eigenvalue weighted by atomic mass is 32.1. The molecule has 4 nitrogen and oxygen atoms in total. The summed E-state index contributed by atoms with van der Waals surface area (Å²) in [5.74, 6) is 0.759. The highest BCUT2D eigenvalue weighted by Gasteiger charge is 2.16. The number of imidazole rings is 2. The van der Waals surface area contributed by atoms with E-state index in [0.29, 0.717) is 0 Å². The first-order valence-corrected chi connectivity index (χ1v) is 6.63. The molecule has 0 amide bonds. The minimum absolute atomic E-state index is 0.0334. The summed E-state index contributed by atoms with van der Waals surface area (Å²) < 4.78 is 4.71. The second kappa shape index (κ2) is 4.06. The van der Waals surface area contributed by atoms with Crippen LogP contribution in [0.25, 0.3) is 17.0 Å². The Balaban J connectivity index is 2.17. The van der Waals surface area contributed by atoms with Crippen molar-refractivity contribution in [3.8, 4) is 5.95 Å². The molecule has 98 valence electrons. The van der Waals surface area contributed by atoms with Crippen molar-refractivity contribution in [1.82, 2.24) is 19.1 Å². The molecular formula is C14H16N4S. The van der Waals surface area contributed by atoms with Gasteiger partial charge in [0.2, 0.25) is 5.95 Å². The van der Waals surface area contributed by atoms with Crippen molar-refractivity contribution in [2.75, 3.05) is 0 Å². The van der Waals surface area contributed by atoms with Crippen LogP contribution in [0.3, 0.4) is 0 Å². The van der Waals surface area contributed by atoms with E-state index >= 15 is 0 Å². The van der Waals surface area contributed by atoms with Gasteiger partial charge in [-0.3, -0.25) is 4.57 Å². The smallest absolute Gasteiger partial charge is 0.214 e. The highest BCUT2D eigenvalue weighted by Crippen LogP contribution is 2.18. The summed E-state index contributed by atoms with van der Waals surface area (Å²) in [6.45, 7) is 6.39. The zero-order valence-electron chi connectivity index (χ0n) is 11.2. The number of aromatic nitrogens is 4. The minimum Gasteiger partial charge on any atom is -0.323 e. The third kappa shape index (κ3) is 2.00. The Morgan fingerprint density at radius 3 is 2.53 bits per heavy atom. The van der Waals surface area contributed by atoms with Crippen LogP contribution in [-0.4, -0.2) is 19.1 Å². The van der Waals surface area contributed by atoms with Gasteiger partial charge in [0.05, 0.1) is 11.0 Å². The fraction of sp³-hybridized carbons (Fsp3) is 0.286. The van der Waals surface area contributed by atoms with E-state index in [4.69, 9.17) is 12.2 Å². The fourth-order valence-corrected chi connectivity index (χ4v) is 2.58. The summed E-state index contributed by atoms with van der Waals surface area (Å²) in [6, 6.07) is 7.96. The Bertz CT molecular complexity index is 752. The van der Waals surface area contributed by atoms with Crippen LogP contribution in [-0.2, 0) is 5.54 Å². The summed E-state index contributed by atoms with van der Waals surface area (Å²) in [6.07, 6.45) is 3.95. The van der Waals surface area contributed by atoms with Gasteiger partial charge in [-0.05, 0) is 45.1 Å². The molecule has 0 atom stereocenters. The highest BCUT2D eigenvalue weighted by molar-refractivity contribution is 7.71. The van der Waals surface area contributed by atoms with Gasteiger partial charge in [-0.25, -0.2) is 4.98 Å². The topological polar surface area (TPSA) is 38.5 Å². The van der Waals surface area contributed by atoms with Gasteiger partial charge in [0, 0.05) is 17.9 Å². The summed E-state index contributed by atoms with van der Waals surface area (Å²) in [5, 5.41) is 0. The molecule has 0 spiro atoms. The van der Waals surface area contributed by atoms with E-state index in [1.54, 1.807) is 0 Å². The summed E-state index contributed by atoms with van der Waals surface area (Å²) in [7, 11) is 0. The maximum Gasteiger partial charge on any atom is 0.214 e. The summed E-state index contributed by atoms with van der Waals surface area (Å²) >= 11 is 5.53. The zero-order valence-corrected chi connectivity index (χ0v) is 12.0. The number of fused-ring (bicyclic) bond motifs is 1. The number of hydrogen-bond acceptors (Lipinski definition) is 2. The predicted octanol–water partition coefficient (Wildman–Crippen LogP) is 3.64. The lowest BCUT2D eigenvalue weighted by molar-refractivity contribution is 0.390. The van der Waals surface area contributed by atoms with E-state index in [0.717, 1.165) is 21.8 Å². The molecule has 2 heterocycles. The normalized spacial score (nSPS) is 12.2. The monoisotopic (exact) mass is 272 g/mol. The average Bonchev–Trinajstić information content (AvgIpc) is 2.90. The van der Waals surface area contributed by atoms with Gasteiger partial charge in [0.25, 0.3) is 0 Å². The minimum atomic E-state index is -0.0334. The molecule has 0 bridgehead atoms. The van der Waals surface area contributed by atoms with Crippen LogP contribution in [0.4, 0.5) is 0 Å². The Labute approximate surface area is 116 Å². The van der Waals surface area contributed by atoms with Crippen molar-refractivity contribution in [1.29, 1.82) is 0 Å². The van der Waals surface area contributed by atoms with Crippen LogP contribution in [0.1, 0.15) is 20.8 Å². The molecule has 2 aromatic heterocycles. The maximum absolute atomic E-state index is 5.53. The average molecular weight is 272 g/mol. The number of nitrogens with one attached hydrogen (secondary N) is 1. The standard InChI is InChI=1S/C14H16N4S/c1-14(2,3)18-9-8-17(13(18)19)12-15-10-6-4-5-7-11(10)16-12/h4-9H,1-3H3,(H,15,16). The number of H-pyrrole nitrogens is 1. The quantitative estimate of drug-likeness (QED) is 0.687. The molecule has 0 aliphatic rings. The molecule has 0 unspecified atom stereocenters. The lowest BCUT2D eigenvalue weighted by atomic mass is 10.1. The second-order valence-corrected chi connectivity index (χ2v) is 5.93. The molecule has 19 heavy (non-hydrogen) atoms. The van der Waals surface area contributed by atoms with E-state index in [-0.39, 0.29) is 5.54 Å². The number of rotatable bonds is 1. The largest absolute Gasteiger partial charge is 0.323 e. The Hall–Kier alpha value is -1.88. The molecule has 0 fully saturated rings. The van der Waals surface area contributed by atoms with E-state index in [1.807, 2.05) is 41.2 Å². The number of aromatic amines is 1. The van der Waals surface area contributed by atoms with Crippen LogP contribution < -0.4 is 0 Å². The fourth-order valence-electron chi connectivity index (χ4n) is 2.10. The molecule has 1 N–H and O–H groups in total. The zero-order chi connectivity index (χ0) is 13.6. The van der Waals surface area contributed by atoms with Gasteiger partial charge in [-0.15, -0.1) is 0 Å². The number of benzene rings is 1. The van der Waals surface area contributed by atoms with Crippen LogP contribution in [0.5, 0.6) is 0 Å². The van der Waals surface area contributed by atoms with Gasteiger partial charge in [0.1, 0.15) is 0 Å². The van der Waals surface area contributed by atoms with Crippen molar-refractivity contribution in [3.63, 3.8) is 0 Å².